The molecule has 2 saturated heterocycles. The van der Waals surface area contributed by atoms with Crippen LogP contribution in [-0.2, 0) is 57.8 Å². The van der Waals surface area contributed by atoms with E-state index in [1.807, 2.05) is 0 Å². The number of aliphatic hydroxyl groups is 1. The lowest BCUT2D eigenvalue weighted by Crippen LogP contribution is -2.48. The Morgan fingerprint density at radius 1 is 1.01 bits per heavy atom. The number of benzene rings is 1. The van der Waals surface area contributed by atoms with E-state index in [1.54, 1.807) is 32.9 Å². The minimum atomic E-state index is -5.30. The zero-order valence-corrected chi connectivity index (χ0v) is 39.1. The number of phosphoric ester groups is 2. The van der Waals surface area contributed by atoms with Crippen LogP contribution in [0.2, 0.25) is 0 Å². The van der Waals surface area contributed by atoms with Crippen molar-refractivity contribution >= 4 is 62.3 Å². The van der Waals surface area contributed by atoms with Crippen LogP contribution in [0.25, 0.3) is 21.6 Å². The number of carbonyl (C=O) groups excluding carboxylic acids is 3. The standard InChI is InChI=1S/C37H49N13O18P2/c1-37(2,3)67-36(55)45-21(5-4-11-41-35(54)61-14-19-6-8-20(9-7-19)47-48-40)33(52)66-29-24(65-32(28(29)51)50-18-44-27-30(39)42-17-43-31(27)50)16-63-70(59,60)68-22-13-26(49-12-10-25(38)46-34(49)53)64-23(22)15-62-69(56,57)58/h6-10,12,17-18,21-24,26,28-29,32,51H,4-5,11,13-16H2,1-3H3,(H,41,54)(H,45,55)(H,59,60)(H2,38,46,53)(H2,39,42,43)(H2,56,57,58)/t21-,22?,23?,24?,26?,28?,29?,32?/m1/s1. The molecule has 31 nitrogen and oxygen atoms in total. The topological polar surface area (TPSA) is 443 Å². The largest absolute Gasteiger partial charge is 0.472 e. The molecular weight excluding hydrogens is 976 g/mol. The molecule has 2 aliphatic heterocycles. The molecule has 1 aromatic carbocycles. The Bertz CT molecular complexity index is 2710. The van der Waals surface area contributed by atoms with Gasteiger partial charge in [-0.15, -0.1) is 0 Å². The molecule has 9 atom stereocenters. The monoisotopic (exact) mass is 1030 g/mol. The van der Waals surface area contributed by atoms with Crippen LogP contribution in [0.1, 0.15) is 58.1 Å². The molecule has 2 fully saturated rings. The maximum Gasteiger partial charge on any atom is 0.472 e. The van der Waals surface area contributed by atoms with Gasteiger partial charge in [0.2, 0.25) is 0 Å². The smallest absolute Gasteiger partial charge is 0.455 e. The zero-order chi connectivity index (χ0) is 51.0. The van der Waals surface area contributed by atoms with Crippen molar-refractivity contribution in [2.45, 2.75) is 101 Å². The molecule has 3 aromatic heterocycles. The number of imidazole rings is 1. The first kappa shape index (κ1) is 53.0. The second-order valence-electron chi connectivity index (χ2n) is 16.3. The van der Waals surface area contributed by atoms with Gasteiger partial charge >= 0.3 is 39.5 Å². The van der Waals surface area contributed by atoms with Crippen molar-refractivity contribution < 1.29 is 80.6 Å². The van der Waals surface area contributed by atoms with Crippen LogP contribution in [-0.4, -0.2) is 129 Å². The number of nitrogens with one attached hydrogen (secondary N) is 2. The molecule has 0 aliphatic carbocycles. The number of nitrogens with zero attached hydrogens (tertiary/aromatic N) is 9. The predicted molar refractivity (Wildman–Crippen MR) is 235 cm³/mol. The van der Waals surface area contributed by atoms with E-state index in [0.29, 0.717) is 11.3 Å². The number of aromatic nitrogens is 6. The maximum absolute atomic E-state index is 14.0. The van der Waals surface area contributed by atoms with E-state index in [9.17, 15) is 48.1 Å². The summed E-state index contributed by atoms with van der Waals surface area (Å²) >= 11 is 0. The third-order valence-corrected chi connectivity index (χ3v) is 11.5. The molecule has 0 saturated carbocycles. The molecule has 5 heterocycles. The Morgan fingerprint density at radius 3 is 2.43 bits per heavy atom. The number of hydrogen-bond donors (Lipinski definition) is 8. The summed E-state index contributed by atoms with van der Waals surface area (Å²) in [6.07, 6.45) is -9.82. The molecule has 6 rings (SSSR count). The van der Waals surface area contributed by atoms with E-state index in [0.717, 1.165) is 10.9 Å². The summed E-state index contributed by atoms with van der Waals surface area (Å²) in [6.45, 7) is 2.70. The number of fused-ring (bicyclic) bond motifs is 1. The first-order valence-corrected chi connectivity index (χ1v) is 23.9. The van der Waals surface area contributed by atoms with Crippen LogP contribution in [0.4, 0.5) is 26.9 Å². The summed E-state index contributed by atoms with van der Waals surface area (Å²) in [5, 5.41) is 20.2. The van der Waals surface area contributed by atoms with Crippen LogP contribution in [0.15, 0.2) is 59.1 Å². The number of amides is 2. The first-order valence-electron chi connectivity index (χ1n) is 20.9. The normalized spacial score (nSPS) is 22.6. The van der Waals surface area contributed by atoms with Gasteiger partial charge in [0.05, 0.1) is 19.5 Å². The number of azide groups is 1. The third-order valence-electron chi connectivity index (χ3n) is 10.0. The van der Waals surface area contributed by atoms with Crippen LogP contribution in [0.5, 0.6) is 0 Å². The van der Waals surface area contributed by atoms with E-state index in [2.05, 4.69) is 45.1 Å². The molecule has 4 aromatic rings. The fraction of sp³-hybridized carbons (Fsp3) is 0.514. The average molecular weight is 1030 g/mol. The highest BCUT2D eigenvalue weighted by molar-refractivity contribution is 7.47. The molecule has 2 aliphatic rings. The molecule has 0 bridgehead atoms. The average Bonchev–Trinajstić information content (AvgIpc) is 3.97. The van der Waals surface area contributed by atoms with Gasteiger partial charge in [-0.1, -0.05) is 29.4 Å². The fourth-order valence-corrected chi connectivity index (χ4v) is 8.23. The number of nitrogens with two attached hydrogens (primary N) is 2. The molecule has 70 heavy (non-hydrogen) atoms. The minimum absolute atomic E-state index is 0.0328. The molecule has 2 amide bonds. The molecule has 380 valence electrons. The summed E-state index contributed by atoms with van der Waals surface area (Å²) < 4.78 is 70.7. The minimum Gasteiger partial charge on any atom is -0.455 e. The summed E-state index contributed by atoms with van der Waals surface area (Å²) in [7, 11) is -10.4. The lowest BCUT2D eigenvalue weighted by Gasteiger charge is -2.26. The number of alkyl carbamates (subject to hydrolysis) is 2. The molecule has 33 heteroatoms. The van der Waals surface area contributed by atoms with Crippen LogP contribution >= 0.6 is 15.6 Å². The summed E-state index contributed by atoms with van der Waals surface area (Å²) in [6, 6.07) is 6.02. The number of esters is 1. The van der Waals surface area contributed by atoms with Crippen molar-refractivity contribution in [2.75, 3.05) is 31.2 Å². The summed E-state index contributed by atoms with van der Waals surface area (Å²) in [4.78, 5) is 100. The van der Waals surface area contributed by atoms with E-state index < -0.39 is 107 Å². The Labute approximate surface area is 395 Å². The number of carbonyl (C=O) groups is 3. The number of phosphoric acid groups is 2. The van der Waals surface area contributed by atoms with Crippen molar-refractivity contribution in [2.24, 2.45) is 5.11 Å². The predicted octanol–water partition coefficient (Wildman–Crippen LogP) is 1.86. The quantitative estimate of drug-likeness (QED) is 0.0119. The molecule has 0 spiro atoms. The van der Waals surface area contributed by atoms with E-state index >= 15 is 0 Å². The van der Waals surface area contributed by atoms with Gasteiger partial charge in [0.1, 0.15) is 66.6 Å². The summed E-state index contributed by atoms with van der Waals surface area (Å²) in [5.41, 5.74) is 19.3. The van der Waals surface area contributed by atoms with Crippen LogP contribution < -0.4 is 27.8 Å². The van der Waals surface area contributed by atoms with Gasteiger partial charge in [0, 0.05) is 29.8 Å². The molecule has 0 radical (unpaired) electrons. The number of hydrogen-bond acceptors (Lipinski definition) is 22. The SMILES string of the molecule is CC(C)(C)OC(=O)N[C@H](CCCNC(=O)OCc1ccc(N=[N+]=[N-])cc1)C(=O)OC1C(COP(=O)(O)OC2CC(n3ccc(N)nc3=O)OC2COP(=O)(O)O)OC(n2cnc3c(N)ncnc32)C1O. The number of nitrogen functional groups attached to an aromatic ring is 2. The van der Waals surface area contributed by atoms with Crippen LogP contribution in [0, 0.1) is 0 Å². The zero-order valence-electron chi connectivity index (χ0n) is 37.3. The lowest BCUT2D eigenvalue weighted by molar-refractivity contribution is -0.159. The Morgan fingerprint density at radius 2 is 1.74 bits per heavy atom. The van der Waals surface area contributed by atoms with Gasteiger partial charge in [-0.2, -0.15) is 4.98 Å². The van der Waals surface area contributed by atoms with Gasteiger partial charge in [0.25, 0.3) is 0 Å². The van der Waals surface area contributed by atoms with Gasteiger partial charge in [0.15, 0.2) is 23.8 Å². The second-order valence-corrected chi connectivity index (χ2v) is 19.0. The number of aliphatic hydroxyl groups excluding tert-OH is 1. The van der Waals surface area contributed by atoms with E-state index in [4.69, 9.17) is 49.7 Å². The fourth-order valence-electron chi connectivity index (χ4n) is 6.92. The molecular formula is C37H49N13O18P2. The Hall–Kier alpha value is -6.33. The highest BCUT2D eigenvalue weighted by Crippen LogP contribution is 2.50. The Kier molecular flexibility index (Phi) is 17.1. The first-order chi connectivity index (χ1) is 33.0. The van der Waals surface area contributed by atoms with Gasteiger partial charge in [-0.25, -0.2) is 43.3 Å². The lowest BCUT2D eigenvalue weighted by atomic mass is 10.1. The van der Waals surface area contributed by atoms with Crippen molar-refractivity contribution in [3.63, 3.8) is 0 Å². The second kappa shape index (κ2) is 22.6. The van der Waals surface area contributed by atoms with E-state index in [-0.39, 0.29) is 55.2 Å². The molecule has 8 unspecified atom stereocenters. The number of ether oxygens (including phenoxy) is 5. The van der Waals surface area contributed by atoms with Crippen molar-refractivity contribution in [1.82, 2.24) is 39.7 Å². The van der Waals surface area contributed by atoms with Crippen LogP contribution in [0.3, 0.4) is 0 Å². The number of anilines is 2. The van der Waals surface area contributed by atoms with E-state index in [1.165, 1.54) is 35.3 Å². The van der Waals surface area contributed by atoms with Crippen molar-refractivity contribution in [3.05, 3.63) is 75.7 Å². The van der Waals surface area contributed by atoms with Crippen molar-refractivity contribution in [1.29, 1.82) is 0 Å². The highest BCUT2D eigenvalue weighted by atomic mass is 31.2. The van der Waals surface area contributed by atoms with Crippen molar-refractivity contribution in [3.8, 4) is 0 Å². The molecule has 10 N–H and O–H groups in total. The highest BCUT2D eigenvalue weighted by Gasteiger charge is 2.50. The Balaban J connectivity index is 1.17. The van der Waals surface area contributed by atoms with Gasteiger partial charge in [-0.3, -0.25) is 22.7 Å². The maximum atomic E-state index is 14.0. The summed E-state index contributed by atoms with van der Waals surface area (Å²) in [5.74, 6) is -1.32. The van der Waals surface area contributed by atoms with Gasteiger partial charge in [-0.05, 0) is 50.8 Å². The van der Waals surface area contributed by atoms with Gasteiger partial charge < -0.3 is 65.6 Å². The number of rotatable bonds is 20. The third kappa shape index (κ3) is 14.6.